The minimum absolute atomic E-state index is 0.0477. The normalized spacial score (nSPS) is 8.70. The summed E-state index contributed by atoms with van der Waals surface area (Å²) in [5, 5.41) is 0. The van der Waals surface area contributed by atoms with Crippen LogP contribution in [0.15, 0.2) is 12.2 Å². The summed E-state index contributed by atoms with van der Waals surface area (Å²) < 4.78 is 26.2. The van der Waals surface area contributed by atoms with Crippen molar-refractivity contribution in [1.29, 1.82) is 0 Å². The molecule has 0 aliphatic heterocycles. The molecule has 58 valence electrons. The third kappa shape index (κ3) is 5.50. The molecule has 0 radical (unpaired) electrons. The summed E-state index contributed by atoms with van der Waals surface area (Å²) in [4.78, 5) is 10.2. The molecule has 0 amide bonds. The van der Waals surface area contributed by atoms with E-state index in [9.17, 15) is 13.6 Å². The van der Waals surface area contributed by atoms with Crippen LogP contribution < -0.4 is 0 Å². The Hall–Kier alpha value is -0.640. The molecule has 10 heavy (non-hydrogen) atoms. The van der Waals surface area contributed by atoms with Crippen LogP contribution in [-0.4, -0.2) is 5.97 Å². The van der Waals surface area contributed by atoms with Gasteiger partial charge < -0.3 is 4.29 Å². The number of carbonyl (C=O) groups is 1. The first-order valence-corrected chi connectivity index (χ1v) is 2.80. The molecule has 0 aromatic rings. The largest absolute Gasteiger partial charge is 0.348 e. The number of rotatable bonds is 3. The molecule has 0 fully saturated rings. The molecule has 2 nitrogen and oxygen atoms in total. The summed E-state index contributed by atoms with van der Waals surface area (Å²) >= 11 is 4.61. The second kappa shape index (κ2) is 5.17. The SMILES string of the molecule is O=C(CCC=C(F)F)OCl. The van der Waals surface area contributed by atoms with Crippen LogP contribution in [0.1, 0.15) is 12.8 Å². The number of halogens is 3. The first kappa shape index (κ1) is 9.36. The summed E-state index contributed by atoms with van der Waals surface area (Å²) in [6.07, 6.45) is -1.34. The molecule has 0 heterocycles. The van der Waals surface area contributed by atoms with Crippen LogP contribution >= 0.6 is 11.9 Å². The van der Waals surface area contributed by atoms with Gasteiger partial charge in [-0.05, 0) is 12.5 Å². The first-order valence-electron chi connectivity index (χ1n) is 2.49. The van der Waals surface area contributed by atoms with Crippen LogP contribution in [-0.2, 0) is 9.08 Å². The monoisotopic (exact) mass is 170 g/mol. The molecule has 0 unspecified atom stereocenters. The van der Waals surface area contributed by atoms with Crippen molar-refractivity contribution in [3.63, 3.8) is 0 Å². The van der Waals surface area contributed by atoms with Gasteiger partial charge >= 0.3 is 5.97 Å². The molecule has 0 rings (SSSR count). The maximum absolute atomic E-state index is 11.3. The van der Waals surface area contributed by atoms with Gasteiger partial charge in [0.1, 0.15) is 11.9 Å². The summed E-state index contributed by atoms with van der Waals surface area (Å²) in [7, 11) is 0. The van der Waals surface area contributed by atoms with Crippen LogP contribution in [0.4, 0.5) is 8.78 Å². The quantitative estimate of drug-likeness (QED) is 0.649. The van der Waals surface area contributed by atoms with Crippen LogP contribution in [0, 0.1) is 0 Å². The highest BCUT2D eigenvalue weighted by molar-refractivity contribution is 6.13. The Balaban J connectivity index is 3.37. The Morgan fingerprint density at radius 3 is 2.60 bits per heavy atom. The average molecular weight is 171 g/mol. The molecule has 0 aromatic carbocycles. The van der Waals surface area contributed by atoms with Crippen LogP contribution in [0.2, 0.25) is 0 Å². The van der Waals surface area contributed by atoms with Crippen molar-refractivity contribution in [3.8, 4) is 0 Å². The highest BCUT2D eigenvalue weighted by atomic mass is 35.5. The summed E-state index contributed by atoms with van der Waals surface area (Å²) in [5.74, 6) is -0.709. The van der Waals surface area contributed by atoms with Gasteiger partial charge in [-0.25, -0.2) is 0 Å². The van der Waals surface area contributed by atoms with Crippen molar-refractivity contribution in [2.24, 2.45) is 0 Å². The van der Waals surface area contributed by atoms with E-state index in [0.717, 1.165) is 0 Å². The third-order valence-electron chi connectivity index (χ3n) is 0.733. The van der Waals surface area contributed by atoms with Crippen molar-refractivity contribution in [2.45, 2.75) is 12.8 Å². The molecule has 0 spiro atoms. The number of carbonyl (C=O) groups excluding carboxylic acids is 1. The molecule has 0 aromatic heterocycles. The molecule has 5 heteroatoms. The Labute approximate surface area is 61.6 Å². The zero-order valence-corrected chi connectivity index (χ0v) is 5.70. The minimum Gasteiger partial charge on any atom is -0.348 e. The van der Waals surface area contributed by atoms with Crippen molar-refractivity contribution in [1.82, 2.24) is 0 Å². The lowest BCUT2D eigenvalue weighted by atomic mass is 10.3. The predicted octanol–water partition coefficient (Wildman–Crippen LogP) is 2.24. The van der Waals surface area contributed by atoms with Crippen molar-refractivity contribution in [3.05, 3.63) is 12.2 Å². The van der Waals surface area contributed by atoms with Crippen molar-refractivity contribution in [2.75, 3.05) is 0 Å². The third-order valence-corrected chi connectivity index (χ3v) is 0.905. The maximum atomic E-state index is 11.3. The highest BCUT2D eigenvalue weighted by Crippen LogP contribution is 2.02. The van der Waals surface area contributed by atoms with Gasteiger partial charge in [0, 0.05) is 0 Å². The van der Waals surface area contributed by atoms with Crippen LogP contribution in [0.25, 0.3) is 0 Å². The van der Waals surface area contributed by atoms with Gasteiger partial charge in [0.2, 0.25) is 0 Å². The lowest BCUT2D eigenvalue weighted by Gasteiger charge is -1.89. The van der Waals surface area contributed by atoms with Crippen molar-refractivity contribution < 1.29 is 17.9 Å². The van der Waals surface area contributed by atoms with Gasteiger partial charge in [0.25, 0.3) is 6.08 Å². The Bertz CT molecular complexity index is 143. The molecule has 0 N–H and O–H groups in total. The second-order valence-corrected chi connectivity index (χ2v) is 1.64. The second-order valence-electron chi connectivity index (χ2n) is 1.48. The zero-order valence-electron chi connectivity index (χ0n) is 4.94. The molecule has 0 saturated carbocycles. The molecule has 0 saturated heterocycles. The fourth-order valence-electron chi connectivity index (χ4n) is 0.338. The van der Waals surface area contributed by atoms with E-state index in [1.165, 1.54) is 0 Å². The lowest BCUT2D eigenvalue weighted by Crippen LogP contribution is -1.94. The van der Waals surface area contributed by atoms with E-state index in [4.69, 9.17) is 0 Å². The topological polar surface area (TPSA) is 26.3 Å². The lowest BCUT2D eigenvalue weighted by molar-refractivity contribution is -0.133. The van der Waals surface area contributed by atoms with Gasteiger partial charge in [-0.15, -0.1) is 0 Å². The van der Waals surface area contributed by atoms with Gasteiger partial charge in [-0.1, -0.05) is 0 Å². The standard InChI is InChI=1S/C5H5ClF2O2/c6-10-5(9)3-1-2-4(7)8/h2H,1,3H2. The van der Waals surface area contributed by atoms with E-state index in [-0.39, 0.29) is 12.8 Å². The molecular weight excluding hydrogens is 166 g/mol. The van der Waals surface area contributed by atoms with Gasteiger partial charge in [0.15, 0.2) is 0 Å². The van der Waals surface area contributed by atoms with Crippen molar-refractivity contribution >= 4 is 17.8 Å². The molecule has 0 bridgehead atoms. The van der Waals surface area contributed by atoms with Gasteiger partial charge in [0.05, 0.1) is 6.42 Å². The van der Waals surface area contributed by atoms with Crippen LogP contribution in [0.5, 0.6) is 0 Å². The summed E-state index contributed by atoms with van der Waals surface area (Å²) in [6.45, 7) is 0. The first-order chi connectivity index (χ1) is 4.66. The minimum atomic E-state index is -1.80. The van der Waals surface area contributed by atoms with Gasteiger partial charge in [-0.3, -0.25) is 4.79 Å². The van der Waals surface area contributed by atoms with E-state index in [0.29, 0.717) is 6.08 Å². The van der Waals surface area contributed by atoms with E-state index in [1.54, 1.807) is 0 Å². The van der Waals surface area contributed by atoms with E-state index in [1.807, 2.05) is 0 Å². The summed E-state index contributed by atoms with van der Waals surface area (Å²) in [5.41, 5.74) is 0. The number of hydrogen-bond acceptors (Lipinski definition) is 2. The molecule has 0 atom stereocenters. The molecular formula is C5H5ClF2O2. The average Bonchev–Trinajstić information content (AvgIpc) is 1.87. The van der Waals surface area contributed by atoms with E-state index < -0.39 is 12.0 Å². The number of allylic oxidation sites excluding steroid dienone is 1. The summed E-state index contributed by atoms with van der Waals surface area (Å²) in [6, 6.07) is 0. The number of hydrogen-bond donors (Lipinski definition) is 0. The molecule has 0 aliphatic rings. The Morgan fingerprint density at radius 2 is 2.20 bits per heavy atom. The maximum Gasteiger partial charge on any atom is 0.325 e. The van der Waals surface area contributed by atoms with E-state index >= 15 is 0 Å². The fourth-order valence-corrected chi connectivity index (χ4v) is 0.415. The van der Waals surface area contributed by atoms with E-state index in [2.05, 4.69) is 16.2 Å². The van der Waals surface area contributed by atoms with Crippen LogP contribution in [0.3, 0.4) is 0 Å². The Kier molecular flexibility index (Phi) is 4.84. The highest BCUT2D eigenvalue weighted by Gasteiger charge is 1.99. The Morgan fingerprint density at radius 1 is 1.60 bits per heavy atom. The predicted molar refractivity (Wildman–Crippen MR) is 31.5 cm³/mol. The fraction of sp³-hybridized carbons (Fsp3) is 0.400. The van der Waals surface area contributed by atoms with Gasteiger partial charge in [-0.2, -0.15) is 8.78 Å². The molecule has 0 aliphatic carbocycles. The smallest absolute Gasteiger partial charge is 0.325 e. The zero-order chi connectivity index (χ0) is 7.98.